The van der Waals surface area contributed by atoms with Crippen LogP contribution in [0.25, 0.3) is 0 Å². The number of likely N-dealkylation sites (tertiary alicyclic amines) is 1. The maximum atomic E-state index is 15.0. The average Bonchev–Trinajstić information content (AvgIpc) is 3.34. The van der Waals surface area contributed by atoms with Gasteiger partial charge in [0, 0.05) is 23.0 Å². The second-order valence-electron chi connectivity index (χ2n) is 11.6. The minimum Gasteiger partial charge on any atom is -0.337 e. The first-order valence-electron chi connectivity index (χ1n) is 13.7. The number of carbonyl (C=O) groups excluding carboxylic acids is 1. The highest BCUT2D eigenvalue weighted by atomic mass is 35.5. The highest BCUT2D eigenvalue weighted by Crippen LogP contribution is 2.57. The molecule has 0 spiro atoms. The molecule has 6 nitrogen and oxygen atoms in total. The number of aryl methyl sites for hydroxylation is 1. The van der Waals surface area contributed by atoms with Crippen molar-refractivity contribution in [2.75, 3.05) is 12.3 Å². The molecule has 16 heteroatoms. The molecule has 0 bridgehead atoms. The molecule has 1 amide bonds. The zero-order valence-corrected chi connectivity index (χ0v) is 25.4. The fourth-order valence-electron chi connectivity index (χ4n) is 6.95. The third kappa shape index (κ3) is 4.83. The van der Waals surface area contributed by atoms with Gasteiger partial charge in [0.2, 0.25) is 5.91 Å². The van der Waals surface area contributed by atoms with Crippen LogP contribution in [0.5, 0.6) is 0 Å². The molecule has 5 rings (SSSR count). The van der Waals surface area contributed by atoms with Crippen molar-refractivity contribution < 1.29 is 52.4 Å². The molecule has 4 atom stereocenters. The molecule has 242 valence electrons. The normalized spacial score (nSPS) is 27.5. The van der Waals surface area contributed by atoms with Gasteiger partial charge in [-0.25, -0.2) is 21.2 Å². The van der Waals surface area contributed by atoms with Crippen LogP contribution in [0.2, 0.25) is 5.02 Å². The van der Waals surface area contributed by atoms with E-state index in [1.165, 1.54) is 36.1 Å². The van der Waals surface area contributed by atoms with Crippen LogP contribution in [-0.4, -0.2) is 63.6 Å². The minimum atomic E-state index is -6.36. The SMILES string of the molecule is CC1CC(C(=O)N2CCC3(S(=O)(=O)c4ccc(Cl)cc4)c4ccc(C(F)(C(F)(F)F)C(F)(F)F)cc4CCC23)CCS1(=O)=O. The minimum absolute atomic E-state index is 0.0226. The summed E-state index contributed by atoms with van der Waals surface area (Å²) in [5.41, 5.74) is -7.76. The first kappa shape index (κ1) is 33.0. The molecule has 2 saturated heterocycles. The van der Waals surface area contributed by atoms with Gasteiger partial charge in [0.25, 0.3) is 0 Å². The first-order valence-corrected chi connectivity index (χ1v) is 17.2. The Labute approximate surface area is 254 Å². The maximum absolute atomic E-state index is 15.0. The molecule has 0 radical (unpaired) electrons. The summed E-state index contributed by atoms with van der Waals surface area (Å²) in [5, 5.41) is -0.598. The van der Waals surface area contributed by atoms with E-state index in [2.05, 4.69) is 0 Å². The highest BCUT2D eigenvalue weighted by Gasteiger charge is 2.74. The van der Waals surface area contributed by atoms with Gasteiger partial charge in [0.05, 0.1) is 21.9 Å². The zero-order chi connectivity index (χ0) is 32.7. The van der Waals surface area contributed by atoms with Crippen molar-refractivity contribution >= 4 is 37.2 Å². The fraction of sp³-hybridized carbons (Fsp3) is 0.536. The van der Waals surface area contributed by atoms with E-state index >= 15 is 0 Å². The van der Waals surface area contributed by atoms with E-state index in [-0.39, 0.29) is 65.4 Å². The number of carbonyl (C=O) groups is 1. The molecule has 0 aromatic heterocycles. The van der Waals surface area contributed by atoms with E-state index in [9.17, 15) is 52.4 Å². The standard InChI is InChI=1S/C28H27ClF7NO5S2/c1-16-14-18(10-13-43(16,39)40)24(38)37-12-11-25(44(41,42)21-6-4-20(29)5-7-21)22-8-3-19(15-17(22)2-9-23(25)37)26(30,27(31,32)33)28(34,35)36/h3-8,15-16,18,23H,2,9-14H2,1H3. The Balaban J connectivity index is 1.65. The van der Waals surface area contributed by atoms with Crippen LogP contribution in [0, 0.1) is 5.92 Å². The monoisotopic (exact) mass is 689 g/mol. The molecule has 2 aromatic carbocycles. The molecule has 2 heterocycles. The number of hydrogen-bond acceptors (Lipinski definition) is 5. The predicted molar refractivity (Wildman–Crippen MR) is 146 cm³/mol. The van der Waals surface area contributed by atoms with Gasteiger partial charge in [0.1, 0.15) is 4.75 Å². The van der Waals surface area contributed by atoms with Gasteiger partial charge in [-0.1, -0.05) is 29.8 Å². The number of fused-ring (bicyclic) bond motifs is 3. The van der Waals surface area contributed by atoms with Crippen LogP contribution in [0.4, 0.5) is 30.7 Å². The summed E-state index contributed by atoms with van der Waals surface area (Å²) in [7, 11) is -7.90. The number of benzene rings is 2. The molecule has 4 unspecified atom stereocenters. The van der Waals surface area contributed by atoms with Crippen LogP contribution in [0.15, 0.2) is 47.4 Å². The van der Waals surface area contributed by atoms with E-state index in [1.807, 2.05) is 0 Å². The van der Waals surface area contributed by atoms with Gasteiger partial charge >= 0.3 is 18.0 Å². The van der Waals surface area contributed by atoms with E-state index in [0.29, 0.717) is 12.1 Å². The lowest BCUT2D eigenvalue weighted by molar-refractivity contribution is -0.348. The smallest absolute Gasteiger partial charge is 0.337 e. The summed E-state index contributed by atoms with van der Waals surface area (Å²) in [6.45, 7) is 1.36. The van der Waals surface area contributed by atoms with Crippen molar-refractivity contribution in [3.8, 4) is 0 Å². The Morgan fingerprint density at radius 1 is 0.977 bits per heavy atom. The molecule has 0 saturated carbocycles. The fourth-order valence-corrected chi connectivity index (χ4v) is 11.0. The van der Waals surface area contributed by atoms with Gasteiger partial charge in [-0.3, -0.25) is 4.79 Å². The summed E-state index contributed by atoms with van der Waals surface area (Å²) >= 11 is 5.94. The zero-order valence-electron chi connectivity index (χ0n) is 23.1. The van der Waals surface area contributed by atoms with Crippen LogP contribution in [0.1, 0.15) is 49.3 Å². The van der Waals surface area contributed by atoms with Crippen molar-refractivity contribution in [1.82, 2.24) is 4.90 Å². The molecule has 2 fully saturated rings. The molecule has 2 aromatic rings. The summed E-state index contributed by atoms with van der Waals surface area (Å²) in [5.74, 6) is -1.43. The van der Waals surface area contributed by atoms with E-state index in [1.54, 1.807) is 0 Å². The van der Waals surface area contributed by atoms with Gasteiger partial charge in [-0.2, -0.15) is 26.3 Å². The van der Waals surface area contributed by atoms with Gasteiger partial charge in [-0.05, 0) is 74.4 Å². The molecular formula is C28H27ClF7NO5S2. The number of nitrogens with zero attached hydrogens (tertiary/aromatic N) is 1. The van der Waals surface area contributed by atoms with Crippen molar-refractivity contribution in [2.45, 2.75) is 78.0 Å². The van der Waals surface area contributed by atoms with Crippen LogP contribution >= 0.6 is 11.6 Å². The molecule has 0 N–H and O–H groups in total. The summed E-state index contributed by atoms with van der Waals surface area (Å²) in [4.78, 5) is 14.9. The first-order chi connectivity index (χ1) is 20.2. The van der Waals surface area contributed by atoms with Crippen molar-refractivity contribution in [2.24, 2.45) is 5.92 Å². The number of alkyl halides is 7. The lowest BCUT2D eigenvalue weighted by atomic mass is 9.76. The Morgan fingerprint density at radius 2 is 1.59 bits per heavy atom. The van der Waals surface area contributed by atoms with Gasteiger partial charge in [-0.15, -0.1) is 0 Å². The summed E-state index contributed by atoms with van der Waals surface area (Å²) < 4.78 is 148. The van der Waals surface area contributed by atoms with E-state index in [4.69, 9.17) is 11.6 Å². The van der Waals surface area contributed by atoms with Crippen LogP contribution < -0.4 is 0 Å². The average molecular weight is 690 g/mol. The molecule has 44 heavy (non-hydrogen) atoms. The van der Waals surface area contributed by atoms with Crippen LogP contribution in [-0.2, 0) is 41.3 Å². The predicted octanol–water partition coefficient (Wildman–Crippen LogP) is 6.06. The number of halogens is 8. The third-order valence-corrected chi connectivity index (χ3v) is 14.3. The molecule has 3 aliphatic rings. The summed E-state index contributed by atoms with van der Waals surface area (Å²) in [6.07, 6.45) is -13.3. The van der Waals surface area contributed by atoms with Crippen molar-refractivity contribution in [1.29, 1.82) is 0 Å². The lowest BCUT2D eigenvalue weighted by Gasteiger charge is -2.44. The van der Waals surface area contributed by atoms with Crippen LogP contribution in [0.3, 0.4) is 0 Å². The van der Waals surface area contributed by atoms with E-state index in [0.717, 1.165) is 6.07 Å². The third-order valence-electron chi connectivity index (χ3n) is 9.28. The summed E-state index contributed by atoms with van der Waals surface area (Å²) in [6, 6.07) is 5.47. The van der Waals surface area contributed by atoms with Crippen molar-refractivity contribution in [3.05, 3.63) is 64.2 Å². The lowest BCUT2D eigenvalue weighted by Crippen LogP contribution is -2.54. The van der Waals surface area contributed by atoms with Gasteiger partial charge in [0.15, 0.2) is 19.7 Å². The Bertz CT molecular complexity index is 1680. The molecule has 2 aliphatic heterocycles. The Kier molecular flexibility index (Phi) is 7.93. The maximum Gasteiger partial charge on any atom is 0.435 e. The second-order valence-corrected chi connectivity index (χ2v) is 16.8. The molecular weight excluding hydrogens is 663 g/mol. The van der Waals surface area contributed by atoms with E-state index < -0.39 is 71.1 Å². The highest BCUT2D eigenvalue weighted by molar-refractivity contribution is 7.92. The topological polar surface area (TPSA) is 88.6 Å². The number of hydrogen-bond donors (Lipinski definition) is 0. The molecule has 1 aliphatic carbocycles. The number of rotatable bonds is 4. The van der Waals surface area contributed by atoms with Crippen molar-refractivity contribution in [3.63, 3.8) is 0 Å². The Morgan fingerprint density at radius 3 is 2.16 bits per heavy atom. The quantitative estimate of drug-likeness (QED) is 0.365. The van der Waals surface area contributed by atoms with Gasteiger partial charge < -0.3 is 4.90 Å². The number of amides is 1. The Hall–Kier alpha value is -2.39. The second kappa shape index (κ2) is 10.6. The number of sulfone groups is 2. The largest absolute Gasteiger partial charge is 0.435 e.